The van der Waals surface area contributed by atoms with E-state index >= 15 is 0 Å². The standard InChI is InChI=1S/C20H25N3O3/c1-22-9-3-5-17(22)19(24)23-10-6-18-20(14-23,7-11-26-18)15-25-13-16-4-2-8-21-12-16/h2-5,8-9,12,18H,6-7,10-11,13-15H2,1H3/t18-,20+/m1/s1. The molecule has 6 nitrogen and oxygen atoms in total. The molecule has 2 aliphatic rings. The van der Waals surface area contributed by atoms with Gasteiger partial charge >= 0.3 is 0 Å². The molecule has 2 aromatic rings. The number of carbonyl (C=O) groups excluding carboxylic acids is 1. The molecule has 2 atom stereocenters. The SMILES string of the molecule is Cn1cccc1C(=O)N1CC[C@H]2OCC[C@@]2(COCc2cccnc2)C1. The Bertz CT molecular complexity index is 761. The van der Waals surface area contributed by atoms with Crippen LogP contribution in [-0.4, -0.2) is 52.8 Å². The highest BCUT2D eigenvalue weighted by molar-refractivity contribution is 5.92. The van der Waals surface area contributed by atoms with Crippen molar-refractivity contribution in [3.63, 3.8) is 0 Å². The summed E-state index contributed by atoms with van der Waals surface area (Å²) in [6, 6.07) is 7.72. The average molecular weight is 355 g/mol. The molecule has 4 rings (SSSR count). The number of likely N-dealkylation sites (tertiary alicyclic amines) is 1. The number of hydrogen-bond donors (Lipinski definition) is 0. The van der Waals surface area contributed by atoms with Crippen molar-refractivity contribution in [3.8, 4) is 0 Å². The van der Waals surface area contributed by atoms with E-state index in [9.17, 15) is 4.79 Å². The first kappa shape index (κ1) is 17.2. The van der Waals surface area contributed by atoms with Crippen molar-refractivity contribution in [2.24, 2.45) is 12.5 Å². The maximum atomic E-state index is 12.9. The second-order valence-corrected chi connectivity index (χ2v) is 7.35. The molecule has 2 fully saturated rings. The van der Waals surface area contributed by atoms with Gasteiger partial charge in [-0.3, -0.25) is 9.78 Å². The molecule has 0 unspecified atom stereocenters. The van der Waals surface area contributed by atoms with Gasteiger partial charge in [0.1, 0.15) is 5.69 Å². The maximum Gasteiger partial charge on any atom is 0.270 e. The van der Waals surface area contributed by atoms with Crippen LogP contribution in [0.25, 0.3) is 0 Å². The minimum Gasteiger partial charge on any atom is -0.377 e. The van der Waals surface area contributed by atoms with E-state index in [0.717, 1.165) is 37.3 Å². The summed E-state index contributed by atoms with van der Waals surface area (Å²) in [7, 11) is 1.91. The zero-order valence-corrected chi connectivity index (χ0v) is 15.1. The molecule has 2 aliphatic heterocycles. The molecule has 4 heterocycles. The number of amides is 1. The number of carbonyl (C=O) groups is 1. The summed E-state index contributed by atoms with van der Waals surface area (Å²) in [5.74, 6) is 0.0921. The number of nitrogens with zero attached hydrogens (tertiary/aromatic N) is 3. The molecular formula is C20H25N3O3. The molecule has 138 valence electrons. The fourth-order valence-corrected chi connectivity index (χ4v) is 4.13. The Balaban J connectivity index is 1.44. The van der Waals surface area contributed by atoms with Gasteiger partial charge in [0.05, 0.1) is 19.3 Å². The van der Waals surface area contributed by atoms with E-state index in [0.29, 0.717) is 19.8 Å². The number of aromatic nitrogens is 2. The van der Waals surface area contributed by atoms with E-state index in [1.807, 2.05) is 53.2 Å². The summed E-state index contributed by atoms with van der Waals surface area (Å²) < 4.78 is 13.9. The summed E-state index contributed by atoms with van der Waals surface area (Å²) in [6.45, 7) is 3.30. The zero-order chi connectivity index (χ0) is 18.0. The predicted octanol–water partition coefficient (Wildman–Crippen LogP) is 2.26. The lowest BCUT2D eigenvalue weighted by Gasteiger charge is -2.43. The fraction of sp³-hybridized carbons (Fsp3) is 0.500. The smallest absolute Gasteiger partial charge is 0.270 e. The third-order valence-electron chi connectivity index (χ3n) is 5.60. The Morgan fingerprint density at radius 2 is 2.35 bits per heavy atom. The van der Waals surface area contributed by atoms with Crippen LogP contribution in [0, 0.1) is 5.41 Å². The first-order valence-corrected chi connectivity index (χ1v) is 9.17. The van der Waals surface area contributed by atoms with Gasteiger partial charge in [-0.1, -0.05) is 6.07 Å². The molecule has 0 spiro atoms. The Morgan fingerprint density at radius 3 is 3.12 bits per heavy atom. The summed E-state index contributed by atoms with van der Waals surface area (Å²) in [5, 5.41) is 0. The fourth-order valence-electron chi connectivity index (χ4n) is 4.13. The minimum absolute atomic E-state index is 0.0921. The number of rotatable bonds is 5. The average Bonchev–Trinajstić information content (AvgIpc) is 3.27. The van der Waals surface area contributed by atoms with Gasteiger partial charge in [0.25, 0.3) is 5.91 Å². The van der Waals surface area contributed by atoms with Gasteiger partial charge in [0, 0.05) is 50.7 Å². The van der Waals surface area contributed by atoms with Crippen molar-refractivity contribution in [2.75, 3.05) is 26.3 Å². The highest BCUT2D eigenvalue weighted by atomic mass is 16.5. The molecular weight excluding hydrogens is 330 g/mol. The van der Waals surface area contributed by atoms with Crippen molar-refractivity contribution in [3.05, 3.63) is 54.1 Å². The first-order valence-electron chi connectivity index (χ1n) is 9.17. The van der Waals surface area contributed by atoms with E-state index in [1.165, 1.54) is 0 Å². The normalized spacial score (nSPS) is 25.3. The van der Waals surface area contributed by atoms with Crippen LogP contribution >= 0.6 is 0 Å². The molecule has 1 amide bonds. The Kier molecular flexibility index (Phi) is 4.78. The van der Waals surface area contributed by atoms with Crippen molar-refractivity contribution < 1.29 is 14.3 Å². The predicted molar refractivity (Wildman–Crippen MR) is 96.6 cm³/mol. The molecule has 0 N–H and O–H groups in total. The lowest BCUT2D eigenvalue weighted by molar-refractivity contribution is -0.0603. The number of piperidine rings is 1. The number of aryl methyl sites for hydroxylation is 1. The first-order chi connectivity index (χ1) is 12.7. The highest BCUT2D eigenvalue weighted by Gasteiger charge is 2.49. The van der Waals surface area contributed by atoms with Crippen molar-refractivity contribution in [2.45, 2.75) is 25.6 Å². The third kappa shape index (κ3) is 3.27. The Morgan fingerprint density at radius 1 is 1.42 bits per heavy atom. The molecule has 2 saturated heterocycles. The van der Waals surface area contributed by atoms with Gasteiger partial charge in [0.15, 0.2) is 0 Å². The summed E-state index contributed by atoms with van der Waals surface area (Å²) >= 11 is 0. The van der Waals surface area contributed by atoms with E-state index in [1.54, 1.807) is 6.20 Å². The number of pyridine rings is 1. The monoisotopic (exact) mass is 355 g/mol. The van der Waals surface area contributed by atoms with Crippen molar-refractivity contribution in [1.82, 2.24) is 14.5 Å². The molecule has 2 aromatic heterocycles. The summed E-state index contributed by atoms with van der Waals surface area (Å²) in [4.78, 5) is 19.0. The second-order valence-electron chi connectivity index (χ2n) is 7.35. The van der Waals surface area contributed by atoms with Crippen LogP contribution in [0.4, 0.5) is 0 Å². The minimum atomic E-state index is -0.110. The summed E-state index contributed by atoms with van der Waals surface area (Å²) in [6.07, 6.45) is 7.47. The van der Waals surface area contributed by atoms with Gasteiger partial charge in [0.2, 0.25) is 0 Å². The Labute approximate surface area is 153 Å². The number of hydrogen-bond acceptors (Lipinski definition) is 4. The van der Waals surface area contributed by atoms with Gasteiger partial charge in [-0.05, 0) is 36.6 Å². The third-order valence-corrected chi connectivity index (χ3v) is 5.60. The maximum absolute atomic E-state index is 12.9. The van der Waals surface area contributed by atoms with Gasteiger partial charge in [-0.25, -0.2) is 0 Å². The van der Waals surface area contributed by atoms with Crippen LogP contribution in [0.15, 0.2) is 42.9 Å². The van der Waals surface area contributed by atoms with E-state index in [4.69, 9.17) is 9.47 Å². The second kappa shape index (κ2) is 7.21. The molecule has 6 heteroatoms. The van der Waals surface area contributed by atoms with E-state index < -0.39 is 0 Å². The molecule has 0 bridgehead atoms. The van der Waals surface area contributed by atoms with Crippen LogP contribution in [0.5, 0.6) is 0 Å². The topological polar surface area (TPSA) is 56.6 Å². The quantitative estimate of drug-likeness (QED) is 0.826. The van der Waals surface area contributed by atoms with Crippen LogP contribution in [0.1, 0.15) is 28.9 Å². The number of fused-ring (bicyclic) bond motifs is 1. The lowest BCUT2D eigenvalue weighted by Crippen LogP contribution is -2.53. The van der Waals surface area contributed by atoms with Crippen molar-refractivity contribution in [1.29, 1.82) is 0 Å². The molecule has 26 heavy (non-hydrogen) atoms. The van der Waals surface area contributed by atoms with Crippen LogP contribution < -0.4 is 0 Å². The zero-order valence-electron chi connectivity index (χ0n) is 15.1. The Hall–Kier alpha value is -2.18. The lowest BCUT2D eigenvalue weighted by atomic mass is 9.77. The van der Waals surface area contributed by atoms with Gasteiger partial charge in [-0.15, -0.1) is 0 Å². The van der Waals surface area contributed by atoms with Crippen molar-refractivity contribution >= 4 is 5.91 Å². The van der Waals surface area contributed by atoms with E-state index in [-0.39, 0.29) is 17.4 Å². The molecule has 0 radical (unpaired) electrons. The molecule has 0 saturated carbocycles. The number of ether oxygens (including phenoxy) is 2. The highest BCUT2D eigenvalue weighted by Crippen LogP contribution is 2.41. The largest absolute Gasteiger partial charge is 0.377 e. The van der Waals surface area contributed by atoms with Gasteiger partial charge < -0.3 is 18.9 Å². The van der Waals surface area contributed by atoms with Crippen LogP contribution in [-0.2, 0) is 23.1 Å². The molecule has 0 aliphatic carbocycles. The van der Waals surface area contributed by atoms with Crippen LogP contribution in [0.3, 0.4) is 0 Å². The molecule has 0 aromatic carbocycles. The van der Waals surface area contributed by atoms with Gasteiger partial charge in [-0.2, -0.15) is 0 Å². The van der Waals surface area contributed by atoms with Crippen LogP contribution in [0.2, 0.25) is 0 Å². The van der Waals surface area contributed by atoms with E-state index in [2.05, 4.69) is 4.98 Å². The summed E-state index contributed by atoms with van der Waals surface area (Å²) in [5.41, 5.74) is 1.68.